The van der Waals surface area contributed by atoms with Gasteiger partial charge in [-0.15, -0.1) is 0 Å². The summed E-state index contributed by atoms with van der Waals surface area (Å²) >= 11 is 0. The van der Waals surface area contributed by atoms with Gasteiger partial charge in [-0.2, -0.15) is 0 Å². The van der Waals surface area contributed by atoms with E-state index in [9.17, 15) is 4.79 Å². The first kappa shape index (κ1) is 8.76. The third-order valence-corrected chi connectivity index (χ3v) is 4.06. The molecule has 0 unspecified atom stereocenters. The van der Waals surface area contributed by atoms with Gasteiger partial charge in [-0.25, -0.2) is 0 Å². The lowest BCUT2D eigenvalue weighted by atomic mass is 9.67. The number of rotatable bonds is 1. The average Bonchev–Trinajstić information content (AvgIpc) is 2.15. The van der Waals surface area contributed by atoms with E-state index in [0.717, 1.165) is 12.7 Å². The van der Waals surface area contributed by atoms with Gasteiger partial charge >= 0.3 is 0 Å². The molecule has 11 heavy (non-hydrogen) atoms. The van der Waals surface area contributed by atoms with Crippen LogP contribution in [0.1, 0.15) is 40.5 Å². The summed E-state index contributed by atoms with van der Waals surface area (Å²) < 4.78 is 0. The molecule has 2 atom stereocenters. The molecular weight excluding hydrogens is 136 g/mol. The van der Waals surface area contributed by atoms with Crippen LogP contribution in [0.4, 0.5) is 0 Å². The second-order valence-corrected chi connectivity index (χ2v) is 4.70. The summed E-state index contributed by atoms with van der Waals surface area (Å²) in [4.78, 5) is 10.9. The molecule has 0 aromatic carbocycles. The zero-order chi connectivity index (χ0) is 8.70. The second kappa shape index (κ2) is 2.33. The highest BCUT2D eigenvalue weighted by molar-refractivity contribution is 5.61. The minimum atomic E-state index is -0.0770. The Labute approximate surface area is 69.2 Å². The summed E-state index contributed by atoms with van der Waals surface area (Å²) in [6.07, 6.45) is 3.41. The number of aldehydes is 1. The Kier molecular flexibility index (Phi) is 1.85. The molecule has 1 aliphatic rings. The summed E-state index contributed by atoms with van der Waals surface area (Å²) in [5.74, 6) is 0.678. The van der Waals surface area contributed by atoms with Crippen LogP contribution in [-0.4, -0.2) is 6.29 Å². The molecule has 1 heteroatoms. The van der Waals surface area contributed by atoms with Crippen molar-refractivity contribution in [3.8, 4) is 0 Å². The van der Waals surface area contributed by atoms with E-state index in [1.165, 1.54) is 6.42 Å². The molecule has 1 aliphatic carbocycles. The van der Waals surface area contributed by atoms with Gasteiger partial charge in [0.1, 0.15) is 6.29 Å². The summed E-state index contributed by atoms with van der Waals surface area (Å²) in [7, 11) is 0. The summed E-state index contributed by atoms with van der Waals surface area (Å²) in [6.45, 7) is 8.75. The van der Waals surface area contributed by atoms with E-state index in [4.69, 9.17) is 0 Å². The Morgan fingerprint density at radius 2 is 1.91 bits per heavy atom. The highest BCUT2D eigenvalue weighted by Gasteiger charge is 2.49. The first-order chi connectivity index (χ1) is 4.94. The first-order valence-corrected chi connectivity index (χ1v) is 4.40. The van der Waals surface area contributed by atoms with Crippen LogP contribution < -0.4 is 0 Å². The molecule has 0 N–H and O–H groups in total. The normalized spacial score (nSPS) is 42.4. The van der Waals surface area contributed by atoms with Gasteiger partial charge in [-0.1, -0.05) is 27.7 Å². The maximum absolute atomic E-state index is 10.9. The lowest BCUT2D eigenvalue weighted by Crippen LogP contribution is -2.34. The van der Waals surface area contributed by atoms with Crippen LogP contribution in [0, 0.1) is 16.7 Å². The summed E-state index contributed by atoms with van der Waals surface area (Å²) in [5.41, 5.74) is 0.112. The smallest absolute Gasteiger partial charge is 0.126 e. The van der Waals surface area contributed by atoms with Gasteiger partial charge in [0, 0.05) is 5.41 Å². The molecule has 0 bridgehead atoms. The molecule has 1 nitrogen and oxygen atoms in total. The highest BCUT2D eigenvalue weighted by atomic mass is 16.1. The van der Waals surface area contributed by atoms with Crippen molar-refractivity contribution in [1.82, 2.24) is 0 Å². The van der Waals surface area contributed by atoms with Crippen molar-refractivity contribution in [2.75, 3.05) is 0 Å². The van der Waals surface area contributed by atoms with Crippen LogP contribution >= 0.6 is 0 Å². The summed E-state index contributed by atoms with van der Waals surface area (Å²) in [6, 6.07) is 0. The molecule has 0 amide bonds. The molecule has 0 aromatic rings. The Morgan fingerprint density at radius 3 is 2.09 bits per heavy atom. The van der Waals surface area contributed by atoms with Crippen molar-refractivity contribution in [2.45, 2.75) is 40.5 Å². The van der Waals surface area contributed by atoms with Gasteiger partial charge in [0.05, 0.1) is 0 Å². The van der Waals surface area contributed by atoms with E-state index >= 15 is 0 Å². The fourth-order valence-electron chi connectivity index (χ4n) is 1.97. The van der Waals surface area contributed by atoms with Gasteiger partial charge in [0.25, 0.3) is 0 Å². The fourth-order valence-corrected chi connectivity index (χ4v) is 1.97. The molecule has 1 fully saturated rings. The second-order valence-electron chi connectivity index (χ2n) is 4.70. The lowest BCUT2D eigenvalue weighted by molar-refractivity contribution is -0.120. The fraction of sp³-hybridized carbons (Fsp3) is 0.900. The van der Waals surface area contributed by atoms with Gasteiger partial charge < -0.3 is 4.79 Å². The van der Waals surface area contributed by atoms with E-state index in [1.54, 1.807) is 0 Å². The molecule has 0 aromatic heterocycles. The third kappa shape index (κ3) is 1.02. The predicted octanol–water partition coefficient (Wildman–Crippen LogP) is 2.65. The quantitative estimate of drug-likeness (QED) is 0.531. The first-order valence-electron chi connectivity index (χ1n) is 4.40. The number of carbonyl (C=O) groups excluding carboxylic acids is 1. The maximum Gasteiger partial charge on any atom is 0.126 e. The van der Waals surface area contributed by atoms with Gasteiger partial charge in [0.2, 0.25) is 0 Å². The van der Waals surface area contributed by atoms with Crippen LogP contribution in [0.2, 0.25) is 0 Å². The van der Waals surface area contributed by atoms with E-state index in [1.807, 2.05) is 0 Å². The standard InChI is InChI=1S/C10H18O/c1-8-5-6-10(4,7-11)9(8,2)3/h7-8H,5-6H2,1-4H3/t8-,10-/m0/s1. The minimum Gasteiger partial charge on any atom is -0.303 e. The van der Waals surface area contributed by atoms with Gasteiger partial charge in [-0.05, 0) is 24.2 Å². The van der Waals surface area contributed by atoms with Crippen LogP contribution in [0.5, 0.6) is 0 Å². The molecule has 0 heterocycles. The predicted molar refractivity (Wildman–Crippen MR) is 46.4 cm³/mol. The molecule has 1 saturated carbocycles. The van der Waals surface area contributed by atoms with Crippen molar-refractivity contribution < 1.29 is 4.79 Å². The molecular formula is C10H18O. The van der Waals surface area contributed by atoms with Gasteiger partial charge in [0.15, 0.2) is 0 Å². The maximum atomic E-state index is 10.9. The van der Waals surface area contributed by atoms with Crippen LogP contribution in [0.15, 0.2) is 0 Å². The van der Waals surface area contributed by atoms with Crippen molar-refractivity contribution in [1.29, 1.82) is 0 Å². The number of hydrogen-bond acceptors (Lipinski definition) is 1. The van der Waals surface area contributed by atoms with Crippen molar-refractivity contribution in [3.05, 3.63) is 0 Å². The molecule has 0 spiro atoms. The minimum absolute atomic E-state index is 0.0770. The Balaban J connectivity index is 2.94. The van der Waals surface area contributed by atoms with Crippen LogP contribution in [0.25, 0.3) is 0 Å². The zero-order valence-electron chi connectivity index (χ0n) is 7.98. The van der Waals surface area contributed by atoms with E-state index < -0.39 is 0 Å². The number of hydrogen-bond donors (Lipinski definition) is 0. The van der Waals surface area contributed by atoms with E-state index in [0.29, 0.717) is 5.92 Å². The van der Waals surface area contributed by atoms with E-state index in [2.05, 4.69) is 27.7 Å². The highest BCUT2D eigenvalue weighted by Crippen LogP contribution is 2.54. The Morgan fingerprint density at radius 1 is 1.36 bits per heavy atom. The SMILES string of the molecule is C[C@H]1CC[C@@](C)(C=O)C1(C)C. The zero-order valence-corrected chi connectivity index (χ0v) is 7.98. The Bertz CT molecular complexity index is 172. The lowest BCUT2D eigenvalue weighted by Gasteiger charge is -2.36. The molecule has 1 rings (SSSR count). The van der Waals surface area contributed by atoms with E-state index in [-0.39, 0.29) is 10.8 Å². The molecule has 0 aliphatic heterocycles. The molecule has 0 saturated heterocycles. The average molecular weight is 154 g/mol. The third-order valence-electron chi connectivity index (χ3n) is 4.06. The van der Waals surface area contributed by atoms with Gasteiger partial charge in [-0.3, -0.25) is 0 Å². The largest absolute Gasteiger partial charge is 0.303 e. The van der Waals surface area contributed by atoms with Crippen molar-refractivity contribution in [3.63, 3.8) is 0 Å². The summed E-state index contributed by atoms with van der Waals surface area (Å²) in [5, 5.41) is 0. The monoisotopic (exact) mass is 154 g/mol. The Hall–Kier alpha value is -0.330. The molecule has 0 radical (unpaired) electrons. The molecule has 64 valence electrons. The van der Waals surface area contributed by atoms with Crippen molar-refractivity contribution >= 4 is 6.29 Å². The van der Waals surface area contributed by atoms with Crippen molar-refractivity contribution in [2.24, 2.45) is 16.7 Å². The topological polar surface area (TPSA) is 17.1 Å². The van der Waals surface area contributed by atoms with Crippen LogP contribution in [-0.2, 0) is 4.79 Å². The number of carbonyl (C=O) groups is 1. The van der Waals surface area contributed by atoms with Crippen LogP contribution in [0.3, 0.4) is 0 Å².